The van der Waals surface area contributed by atoms with Crippen molar-refractivity contribution in [2.45, 2.75) is 45.2 Å². The number of aliphatic carboxylic acids is 1. The smallest absolute Gasteiger partial charge is 0.308 e. The van der Waals surface area contributed by atoms with Crippen molar-refractivity contribution in [2.75, 3.05) is 6.54 Å². The molecule has 0 spiro atoms. The van der Waals surface area contributed by atoms with Crippen molar-refractivity contribution in [1.82, 2.24) is 9.88 Å². The van der Waals surface area contributed by atoms with E-state index in [4.69, 9.17) is 5.11 Å². The van der Waals surface area contributed by atoms with Crippen molar-refractivity contribution in [3.05, 3.63) is 16.1 Å². The van der Waals surface area contributed by atoms with Crippen LogP contribution < -0.4 is 0 Å². The largest absolute Gasteiger partial charge is 0.481 e. The average Bonchev–Trinajstić information content (AvgIpc) is 2.82. The van der Waals surface area contributed by atoms with E-state index in [1.165, 1.54) is 6.42 Å². The molecule has 1 unspecified atom stereocenters. The summed E-state index contributed by atoms with van der Waals surface area (Å²) >= 11 is 1.55. The maximum atomic E-state index is 10.6. The van der Waals surface area contributed by atoms with E-state index >= 15 is 0 Å². The van der Waals surface area contributed by atoms with E-state index in [0.717, 1.165) is 22.9 Å². The number of aromatic nitrogens is 1. The fraction of sp³-hybridized carbons (Fsp3) is 0.667. The Morgan fingerprint density at radius 3 is 3.12 bits per heavy atom. The molecule has 1 aromatic heterocycles. The van der Waals surface area contributed by atoms with Crippen molar-refractivity contribution in [2.24, 2.45) is 0 Å². The molecule has 0 aliphatic carbocycles. The molecule has 5 heteroatoms. The maximum Gasteiger partial charge on any atom is 0.308 e. The minimum Gasteiger partial charge on any atom is -0.481 e. The molecule has 1 atom stereocenters. The van der Waals surface area contributed by atoms with Gasteiger partial charge in [0.05, 0.1) is 12.5 Å². The molecule has 1 aromatic rings. The van der Waals surface area contributed by atoms with Crippen molar-refractivity contribution >= 4 is 17.3 Å². The van der Waals surface area contributed by atoms with Gasteiger partial charge in [-0.1, -0.05) is 0 Å². The number of carboxylic acids is 1. The molecule has 2 heterocycles. The fourth-order valence-electron chi connectivity index (χ4n) is 2.38. The van der Waals surface area contributed by atoms with E-state index < -0.39 is 5.97 Å². The highest BCUT2D eigenvalue weighted by Gasteiger charge is 2.30. The molecule has 4 nitrogen and oxygen atoms in total. The van der Waals surface area contributed by atoms with E-state index in [2.05, 4.69) is 23.7 Å². The van der Waals surface area contributed by atoms with Crippen LogP contribution in [-0.4, -0.2) is 33.5 Å². The first-order valence-corrected chi connectivity index (χ1v) is 6.81. The Morgan fingerprint density at radius 1 is 1.71 bits per heavy atom. The lowest BCUT2D eigenvalue weighted by Crippen LogP contribution is -2.30. The first kappa shape index (κ1) is 12.5. The number of hydrogen-bond donors (Lipinski definition) is 1. The number of nitrogens with zero attached hydrogens (tertiary/aromatic N) is 2. The SMILES string of the molecule is CC(C)N1CCCC1c1ncc(CC(=O)O)s1. The highest BCUT2D eigenvalue weighted by molar-refractivity contribution is 7.11. The number of hydrogen-bond acceptors (Lipinski definition) is 4. The van der Waals surface area contributed by atoms with Gasteiger partial charge in [0.2, 0.25) is 0 Å². The highest BCUT2D eigenvalue weighted by Crippen LogP contribution is 2.35. The summed E-state index contributed by atoms with van der Waals surface area (Å²) < 4.78 is 0. The third-order valence-electron chi connectivity index (χ3n) is 3.14. The Hall–Kier alpha value is -0.940. The number of carboxylic acid groups (broad SMARTS) is 1. The molecule has 17 heavy (non-hydrogen) atoms. The summed E-state index contributed by atoms with van der Waals surface area (Å²) in [6.07, 6.45) is 4.14. The van der Waals surface area contributed by atoms with Gasteiger partial charge >= 0.3 is 5.97 Å². The molecule has 0 aromatic carbocycles. The number of thiazole rings is 1. The van der Waals surface area contributed by atoms with E-state index in [0.29, 0.717) is 12.1 Å². The van der Waals surface area contributed by atoms with Crippen LogP contribution in [0, 0.1) is 0 Å². The number of carbonyl (C=O) groups is 1. The van der Waals surface area contributed by atoms with Crippen LogP contribution in [0.3, 0.4) is 0 Å². The minimum atomic E-state index is -0.785. The Bertz CT molecular complexity index is 403. The second-order valence-electron chi connectivity index (χ2n) is 4.72. The standard InChI is InChI=1S/C12H18N2O2S/c1-8(2)14-5-3-4-10(14)12-13-7-9(17-12)6-11(15)16/h7-8,10H,3-6H2,1-2H3,(H,15,16). The second kappa shape index (κ2) is 5.14. The molecule has 0 radical (unpaired) electrons. The maximum absolute atomic E-state index is 10.6. The van der Waals surface area contributed by atoms with Gasteiger partial charge in [0.25, 0.3) is 0 Å². The average molecular weight is 254 g/mol. The summed E-state index contributed by atoms with van der Waals surface area (Å²) in [5.74, 6) is -0.785. The zero-order chi connectivity index (χ0) is 12.4. The Morgan fingerprint density at radius 2 is 2.47 bits per heavy atom. The summed E-state index contributed by atoms with van der Waals surface area (Å²) in [7, 11) is 0. The van der Waals surface area contributed by atoms with Gasteiger partial charge in [-0.3, -0.25) is 9.69 Å². The molecule has 1 N–H and O–H groups in total. The summed E-state index contributed by atoms with van der Waals surface area (Å²) in [6, 6.07) is 0.914. The van der Waals surface area contributed by atoms with Crippen molar-refractivity contribution in [3.63, 3.8) is 0 Å². The van der Waals surface area contributed by atoms with Crippen LogP contribution in [0.15, 0.2) is 6.20 Å². The summed E-state index contributed by atoms with van der Waals surface area (Å²) in [6.45, 7) is 5.52. The van der Waals surface area contributed by atoms with Crippen LogP contribution in [0.4, 0.5) is 0 Å². The van der Waals surface area contributed by atoms with Gasteiger partial charge < -0.3 is 5.11 Å². The molecule has 94 valence electrons. The fourth-order valence-corrected chi connectivity index (χ4v) is 3.44. The molecule has 1 aliphatic heterocycles. The monoisotopic (exact) mass is 254 g/mol. The van der Waals surface area contributed by atoms with E-state index in [-0.39, 0.29) is 6.42 Å². The zero-order valence-corrected chi connectivity index (χ0v) is 11.0. The van der Waals surface area contributed by atoms with Crippen LogP contribution in [0.1, 0.15) is 42.6 Å². The Labute approximate surface area is 105 Å². The first-order valence-electron chi connectivity index (χ1n) is 6.00. The summed E-state index contributed by atoms with van der Waals surface area (Å²) in [5, 5.41) is 9.83. The Kier molecular flexibility index (Phi) is 3.79. The normalized spacial score (nSPS) is 21.2. The van der Waals surface area contributed by atoms with Crippen LogP contribution in [0.2, 0.25) is 0 Å². The van der Waals surface area contributed by atoms with Gasteiger partial charge in [-0.2, -0.15) is 0 Å². The zero-order valence-electron chi connectivity index (χ0n) is 10.2. The molecule has 1 saturated heterocycles. The van der Waals surface area contributed by atoms with E-state index in [9.17, 15) is 4.79 Å². The molecular weight excluding hydrogens is 236 g/mol. The van der Waals surface area contributed by atoms with Crippen LogP contribution in [0.25, 0.3) is 0 Å². The topological polar surface area (TPSA) is 53.4 Å². The van der Waals surface area contributed by atoms with E-state index in [1.54, 1.807) is 17.5 Å². The minimum absolute atomic E-state index is 0.0894. The van der Waals surface area contributed by atoms with Gasteiger partial charge in [0.15, 0.2) is 0 Å². The van der Waals surface area contributed by atoms with Gasteiger partial charge in [0.1, 0.15) is 5.01 Å². The Balaban J connectivity index is 2.11. The lowest BCUT2D eigenvalue weighted by Gasteiger charge is -2.26. The van der Waals surface area contributed by atoms with Gasteiger partial charge in [0, 0.05) is 17.1 Å². The molecule has 0 saturated carbocycles. The van der Waals surface area contributed by atoms with Crippen molar-refractivity contribution in [3.8, 4) is 0 Å². The van der Waals surface area contributed by atoms with Crippen molar-refractivity contribution in [1.29, 1.82) is 0 Å². The van der Waals surface area contributed by atoms with Gasteiger partial charge in [-0.15, -0.1) is 11.3 Å². The number of rotatable bonds is 4. The van der Waals surface area contributed by atoms with Crippen LogP contribution in [-0.2, 0) is 11.2 Å². The molecule has 0 bridgehead atoms. The molecule has 1 fully saturated rings. The molecular formula is C12H18N2O2S. The lowest BCUT2D eigenvalue weighted by molar-refractivity contribution is -0.136. The molecule has 0 amide bonds. The quantitative estimate of drug-likeness (QED) is 0.896. The van der Waals surface area contributed by atoms with Crippen LogP contribution in [0.5, 0.6) is 0 Å². The van der Waals surface area contributed by atoms with Crippen LogP contribution >= 0.6 is 11.3 Å². The highest BCUT2D eigenvalue weighted by atomic mass is 32.1. The van der Waals surface area contributed by atoms with Crippen molar-refractivity contribution < 1.29 is 9.90 Å². The van der Waals surface area contributed by atoms with Gasteiger partial charge in [-0.25, -0.2) is 4.98 Å². The predicted molar refractivity (Wildman–Crippen MR) is 67.3 cm³/mol. The number of likely N-dealkylation sites (tertiary alicyclic amines) is 1. The summed E-state index contributed by atoms with van der Waals surface area (Å²) in [4.78, 5) is 18.3. The second-order valence-corrected chi connectivity index (χ2v) is 5.87. The van der Waals surface area contributed by atoms with Gasteiger partial charge in [-0.05, 0) is 33.2 Å². The lowest BCUT2D eigenvalue weighted by atomic mass is 10.2. The third kappa shape index (κ3) is 2.84. The molecule has 2 rings (SSSR count). The van der Waals surface area contributed by atoms with E-state index in [1.807, 2.05) is 0 Å². The third-order valence-corrected chi connectivity index (χ3v) is 4.24. The summed E-state index contributed by atoms with van der Waals surface area (Å²) in [5.41, 5.74) is 0. The molecule has 1 aliphatic rings. The first-order chi connectivity index (χ1) is 8.08. The predicted octanol–water partition coefficient (Wildman–Crippen LogP) is 2.32.